The lowest BCUT2D eigenvalue weighted by Gasteiger charge is -2.08. The third-order valence-electron chi connectivity index (χ3n) is 4.65. The number of esters is 1. The van der Waals surface area contributed by atoms with Crippen LogP contribution >= 0.6 is 0 Å². The molecule has 0 fully saturated rings. The van der Waals surface area contributed by atoms with E-state index < -0.39 is 5.97 Å². The number of aromatic nitrogens is 2. The van der Waals surface area contributed by atoms with E-state index in [0.29, 0.717) is 18.3 Å². The molecule has 1 N–H and O–H groups in total. The molecule has 0 aliphatic carbocycles. The van der Waals surface area contributed by atoms with Crippen LogP contribution in [0.25, 0.3) is 11.5 Å². The highest BCUT2D eigenvalue weighted by atomic mass is 16.5. The van der Waals surface area contributed by atoms with Gasteiger partial charge < -0.3 is 14.5 Å². The lowest BCUT2D eigenvalue weighted by atomic mass is 10.1. The molecule has 0 saturated carbocycles. The van der Waals surface area contributed by atoms with E-state index in [2.05, 4.69) is 15.5 Å². The van der Waals surface area contributed by atoms with E-state index in [0.717, 1.165) is 17.5 Å². The minimum atomic E-state index is -0.487. The van der Waals surface area contributed by atoms with Crippen LogP contribution < -0.4 is 5.32 Å². The predicted molar refractivity (Wildman–Crippen MR) is 112 cm³/mol. The van der Waals surface area contributed by atoms with E-state index in [9.17, 15) is 9.59 Å². The second-order valence-electron chi connectivity index (χ2n) is 7.05. The van der Waals surface area contributed by atoms with E-state index in [1.807, 2.05) is 62.4 Å². The fourth-order valence-electron chi connectivity index (χ4n) is 2.87. The lowest BCUT2D eigenvalue weighted by Crippen LogP contribution is -2.30. The minimum Gasteiger partial charge on any atom is -0.456 e. The van der Waals surface area contributed by atoms with Gasteiger partial charge in [-0.2, -0.15) is 0 Å². The number of nitrogens with zero attached hydrogens (tertiary/aromatic N) is 2. The quantitative estimate of drug-likeness (QED) is 0.548. The molecule has 1 heterocycles. The van der Waals surface area contributed by atoms with Crippen LogP contribution in [0.5, 0.6) is 0 Å². The number of hydrogen-bond acceptors (Lipinski definition) is 6. The highest BCUT2D eigenvalue weighted by Crippen LogP contribution is 2.18. The molecule has 3 rings (SSSR count). The van der Waals surface area contributed by atoms with E-state index in [1.54, 1.807) is 0 Å². The fraction of sp³-hybridized carbons (Fsp3) is 0.304. The molecular formula is C23H25N3O4. The molecule has 3 aromatic rings. The first-order valence-corrected chi connectivity index (χ1v) is 9.87. The first-order valence-electron chi connectivity index (χ1n) is 9.87. The smallest absolute Gasteiger partial charge is 0.306 e. The van der Waals surface area contributed by atoms with Crippen LogP contribution in [0.4, 0.5) is 0 Å². The van der Waals surface area contributed by atoms with Gasteiger partial charge in [0, 0.05) is 18.5 Å². The zero-order chi connectivity index (χ0) is 21.3. The SMILES string of the molecule is Cc1ccc(-c2nnc(CCC(=O)OCC(=O)NCCc3ccccc3C)o2)cc1. The molecule has 0 aliphatic heterocycles. The van der Waals surface area contributed by atoms with Gasteiger partial charge in [0.15, 0.2) is 6.61 Å². The highest BCUT2D eigenvalue weighted by molar-refractivity contribution is 5.80. The summed E-state index contributed by atoms with van der Waals surface area (Å²) in [5.74, 6) is -0.0490. The van der Waals surface area contributed by atoms with E-state index in [4.69, 9.17) is 9.15 Å². The van der Waals surface area contributed by atoms with E-state index >= 15 is 0 Å². The minimum absolute atomic E-state index is 0.0615. The molecule has 0 spiro atoms. The Morgan fingerprint density at radius 3 is 2.53 bits per heavy atom. The van der Waals surface area contributed by atoms with Gasteiger partial charge in [0.1, 0.15) is 0 Å². The summed E-state index contributed by atoms with van der Waals surface area (Å²) in [6, 6.07) is 15.7. The van der Waals surface area contributed by atoms with Crippen LogP contribution in [-0.2, 0) is 27.2 Å². The molecule has 30 heavy (non-hydrogen) atoms. The normalized spacial score (nSPS) is 10.6. The maximum Gasteiger partial charge on any atom is 0.306 e. The van der Waals surface area contributed by atoms with Crippen LogP contribution in [0.3, 0.4) is 0 Å². The Morgan fingerprint density at radius 2 is 1.77 bits per heavy atom. The standard InChI is InChI=1S/C23H25N3O4/c1-16-7-9-19(10-8-16)23-26-25-21(30-23)11-12-22(28)29-15-20(27)24-14-13-18-6-4-3-5-17(18)2/h3-10H,11-15H2,1-2H3,(H,24,27). The number of benzene rings is 2. The molecule has 0 atom stereocenters. The number of amides is 1. The topological polar surface area (TPSA) is 94.3 Å². The molecule has 156 valence electrons. The first kappa shape index (κ1) is 21.2. The van der Waals surface area contributed by atoms with Crippen LogP contribution in [-0.4, -0.2) is 35.2 Å². The van der Waals surface area contributed by atoms with Crippen molar-refractivity contribution in [3.63, 3.8) is 0 Å². The molecular weight excluding hydrogens is 382 g/mol. The van der Waals surface area contributed by atoms with Crippen molar-refractivity contribution < 1.29 is 18.7 Å². The summed E-state index contributed by atoms with van der Waals surface area (Å²) in [6.07, 6.45) is 1.05. The Bertz CT molecular complexity index is 996. The Labute approximate surface area is 175 Å². The molecule has 0 bridgehead atoms. The van der Waals surface area contributed by atoms with Crippen molar-refractivity contribution in [2.24, 2.45) is 0 Å². The predicted octanol–water partition coefficient (Wildman–Crippen LogP) is 3.19. The third-order valence-corrected chi connectivity index (χ3v) is 4.65. The van der Waals surface area contributed by atoms with Crippen molar-refractivity contribution in [2.75, 3.05) is 13.2 Å². The van der Waals surface area contributed by atoms with Gasteiger partial charge in [0.25, 0.3) is 5.91 Å². The highest BCUT2D eigenvalue weighted by Gasteiger charge is 2.12. The second-order valence-corrected chi connectivity index (χ2v) is 7.05. The monoisotopic (exact) mass is 407 g/mol. The molecule has 2 aromatic carbocycles. The summed E-state index contributed by atoms with van der Waals surface area (Å²) >= 11 is 0. The van der Waals surface area contributed by atoms with Gasteiger partial charge >= 0.3 is 5.97 Å². The number of carbonyl (C=O) groups excluding carboxylic acids is 2. The number of carbonyl (C=O) groups is 2. The van der Waals surface area contributed by atoms with Gasteiger partial charge in [0.05, 0.1) is 6.42 Å². The van der Waals surface area contributed by atoms with Crippen molar-refractivity contribution in [3.8, 4) is 11.5 Å². The molecule has 1 amide bonds. The fourth-order valence-corrected chi connectivity index (χ4v) is 2.87. The van der Waals surface area contributed by atoms with Crippen molar-refractivity contribution in [3.05, 3.63) is 71.1 Å². The van der Waals surface area contributed by atoms with Crippen molar-refractivity contribution in [1.29, 1.82) is 0 Å². The Morgan fingerprint density at radius 1 is 1.00 bits per heavy atom. The molecule has 0 radical (unpaired) electrons. The molecule has 0 unspecified atom stereocenters. The number of aryl methyl sites for hydroxylation is 3. The summed E-state index contributed by atoms with van der Waals surface area (Å²) in [6.45, 7) is 4.22. The van der Waals surface area contributed by atoms with E-state index in [1.165, 1.54) is 11.1 Å². The average Bonchev–Trinajstić information content (AvgIpc) is 3.22. The molecule has 7 nitrogen and oxygen atoms in total. The third kappa shape index (κ3) is 6.27. The second kappa shape index (κ2) is 10.3. The first-order chi connectivity index (χ1) is 14.5. The van der Waals surface area contributed by atoms with Crippen LogP contribution in [0.1, 0.15) is 29.0 Å². The zero-order valence-corrected chi connectivity index (χ0v) is 17.2. The Hall–Kier alpha value is -3.48. The molecule has 0 saturated heterocycles. The maximum absolute atomic E-state index is 11.9. The van der Waals surface area contributed by atoms with Crippen LogP contribution in [0.15, 0.2) is 52.9 Å². The summed E-state index contributed by atoms with van der Waals surface area (Å²) < 4.78 is 10.6. The largest absolute Gasteiger partial charge is 0.456 e. The molecule has 1 aromatic heterocycles. The lowest BCUT2D eigenvalue weighted by molar-refractivity contribution is -0.148. The summed E-state index contributed by atoms with van der Waals surface area (Å²) in [5.41, 5.74) is 4.33. The summed E-state index contributed by atoms with van der Waals surface area (Å²) in [4.78, 5) is 23.7. The van der Waals surface area contributed by atoms with Crippen molar-refractivity contribution >= 4 is 11.9 Å². The van der Waals surface area contributed by atoms with Crippen molar-refractivity contribution in [2.45, 2.75) is 33.1 Å². The van der Waals surface area contributed by atoms with Gasteiger partial charge in [-0.25, -0.2) is 0 Å². The van der Waals surface area contributed by atoms with Gasteiger partial charge in [-0.15, -0.1) is 10.2 Å². The van der Waals surface area contributed by atoms with Crippen molar-refractivity contribution in [1.82, 2.24) is 15.5 Å². The van der Waals surface area contributed by atoms with Gasteiger partial charge in [0.2, 0.25) is 11.8 Å². The number of ether oxygens (including phenoxy) is 1. The van der Waals surface area contributed by atoms with E-state index in [-0.39, 0.29) is 25.4 Å². The Kier molecular flexibility index (Phi) is 7.32. The van der Waals surface area contributed by atoms with Crippen LogP contribution in [0, 0.1) is 13.8 Å². The molecule has 0 aliphatic rings. The van der Waals surface area contributed by atoms with Gasteiger partial charge in [-0.3, -0.25) is 9.59 Å². The average molecular weight is 407 g/mol. The number of nitrogens with one attached hydrogen (secondary N) is 1. The maximum atomic E-state index is 11.9. The van der Waals surface area contributed by atoms with Gasteiger partial charge in [-0.1, -0.05) is 42.0 Å². The number of hydrogen-bond donors (Lipinski definition) is 1. The zero-order valence-electron chi connectivity index (χ0n) is 17.2. The summed E-state index contributed by atoms with van der Waals surface area (Å²) in [7, 11) is 0. The Balaban J connectivity index is 1.35. The van der Waals surface area contributed by atoms with Crippen LogP contribution in [0.2, 0.25) is 0 Å². The number of rotatable bonds is 9. The molecule has 7 heteroatoms. The summed E-state index contributed by atoms with van der Waals surface area (Å²) in [5, 5.41) is 10.7. The van der Waals surface area contributed by atoms with Gasteiger partial charge in [-0.05, 0) is 43.5 Å².